The predicted molar refractivity (Wildman–Crippen MR) is 82.7 cm³/mol. The van der Waals surface area contributed by atoms with Crippen molar-refractivity contribution in [2.45, 2.75) is 19.9 Å². The molecule has 21 heavy (non-hydrogen) atoms. The Kier molecular flexibility index (Phi) is 5.10. The van der Waals surface area contributed by atoms with E-state index in [0.29, 0.717) is 6.54 Å². The number of hydrogen-bond acceptors (Lipinski definition) is 4. The van der Waals surface area contributed by atoms with Crippen molar-refractivity contribution in [3.8, 4) is 17.8 Å². The smallest absolute Gasteiger partial charge is 0.177 e. The molecule has 2 rings (SSSR count). The Morgan fingerprint density at radius 1 is 1.33 bits per heavy atom. The molecular weight excluding hydrogens is 330 g/mol. The zero-order valence-electron chi connectivity index (χ0n) is 11.6. The van der Waals surface area contributed by atoms with Crippen molar-refractivity contribution in [3.05, 3.63) is 46.0 Å². The Labute approximate surface area is 132 Å². The average Bonchev–Trinajstić information content (AvgIpc) is 2.91. The lowest BCUT2D eigenvalue weighted by Gasteiger charge is -2.12. The van der Waals surface area contributed by atoms with Crippen LogP contribution in [0, 0.1) is 22.7 Å². The fourth-order valence-electron chi connectivity index (χ4n) is 2.03. The summed E-state index contributed by atoms with van der Waals surface area (Å²) in [5.74, 6) is 0. The van der Waals surface area contributed by atoms with E-state index >= 15 is 0 Å². The van der Waals surface area contributed by atoms with Crippen molar-refractivity contribution in [2.75, 3.05) is 6.54 Å². The number of nitrogens with zero attached hydrogens (tertiary/aromatic N) is 4. The number of imidazole rings is 1. The van der Waals surface area contributed by atoms with Crippen LogP contribution in [0.25, 0.3) is 5.69 Å². The predicted octanol–water partition coefficient (Wildman–Crippen LogP) is 2.88. The van der Waals surface area contributed by atoms with Gasteiger partial charge >= 0.3 is 0 Å². The summed E-state index contributed by atoms with van der Waals surface area (Å²) in [6, 6.07) is 9.87. The van der Waals surface area contributed by atoms with Gasteiger partial charge in [-0.2, -0.15) is 10.5 Å². The molecule has 6 heteroatoms. The summed E-state index contributed by atoms with van der Waals surface area (Å²) in [5, 5.41) is 21.6. The number of rotatable bonds is 5. The van der Waals surface area contributed by atoms with Crippen molar-refractivity contribution in [2.24, 2.45) is 0 Å². The summed E-state index contributed by atoms with van der Waals surface area (Å²) in [4.78, 5) is 3.99. The Hall–Kier alpha value is -2.15. The number of aromatic nitrogens is 2. The van der Waals surface area contributed by atoms with E-state index in [1.54, 1.807) is 4.57 Å². The first-order valence-corrected chi connectivity index (χ1v) is 7.37. The third-order valence-electron chi connectivity index (χ3n) is 3.03. The van der Waals surface area contributed by atoms with Crippen molar-refractivity contribution in [1.29, 1.82) is 10.5 Å². The minimum atomic E-state index is 0.143. The van der Waals surface area contributed by atoms with E-state index in [1.165, 1.54) is 6.33 Å². The number of nitrogens with one attached hydrogen (secondary N) is 1. The van der Waals surface area contributed by atoms with E-state index in [0.717, 1.165) is 28.7 Å². The molecule has 2 aromatic rings. The lowest BCUT2D eigenvalue weighted by molar-refractivity contribution is 0.672. The second kappa shape index (κ2) is 7.03. The van der Waals surface area contributed by atoms with Gasteiger partial charge in [0.25, 0.3) is 0 Å². The Morgan fingerprint density at radius 2 is 2.14 bits per heavy atom. The van der Waals surface area contributed by atoms with Crippen LogP contribution >= 0.6 is 15.9 Å². The normalized spacial score (nSPS) is 10.1. The van der Waals surface area contributed by atoms with Crippen LogP contribution in [0.3, 0.4) is 0 Å². The van der Waals surface area contributed by atoms with Gasteiger partial charge < -0.3 is 5.32 Å². The minimum Gasteiger partial charge on any atom is -0.313 e. The van der Waals surface area contributed by atoms with Gasteiger partial charge in [0.15, 0.2) is 11.4 Å². The fraction of sp³-hybridized carbons (Fsp3) is 0.267. The Balaban J connectivity index is 2.48. The standard InChI is InChI=1S/C15H14BrN5/c1-2-5-19-9-11-3-4-12(16)6-14(11)21-10-20-13(7-17)15(21)8-18/h3-4,6,10,19H,2,5,9H2,1H3. The highest BCUT2D eigenvalue weighted by Crippen LogP contribution is 2.23. The Bertz CT molecular complexity index is 721. The summed E-state index contributed by atoms with van der Waals surface area (Å²) in [6.45, 7) is 3.73. The second-order valence-corrected chi connectivity index (χ2v) is 5.40. The topological polar surface area (TPSA) is 77.4 Å². The van der Waals surface area contributed by atoms with E-state index in [-0.39, 0.29) is 11.4 Å². The zero-order chi connectivity index (χ0) is 15.2. The van der Waals surface area contributed by atoms with Crippen LogP contribution in [0.1, 0.15) is 30.3 Å². The molecule has 0 aliphatic heterocycles. The minimum absolute atomic E-state index is 0.143. The van der Waals surface area contributed by atoms with Gasteiger partial charge in [-0.1, -0.05) is 28.9 Å². The van der Waals surface area contributed by atoms with Crippen LogP contribution in [-0.2, 0) is 6.54 Å². The zero-order valence-corrected chi connectivity index (χ0v) is 13.2. The molecule has 0 bridgehead atoms. The molecule has 1 aromatic carbocycles. The number of halogens is 1. The van der Waals surface area contributed by atoms with E-state index in [2.05, 4.69) is 33.2 Å². The highest BCUT2D eigenvalue weighted by Gasteiger charge is 2.14. The van der Waals surface area contributed by atoms with Crippen molar-refractivity contribution < 1.29 is 0 Å². The molecule has 1 heterocycles. The van der Waals surface area contributed by atoms with Gasteiger partial charge in [0.1, 0.15) is 18.5 Å². The summed E-state index contributed by atoms with van der Waals surface area (Å²) < 4.78 is 2.57. The van der Waals surface area contributed by atoms with Crippen molar-refractivity contribution >= 4 is 15.9 Å². The molecule has 5 nitrogen and oxygen atoms in total. The number of nitriles is 2. The van der Waals surface area contributed by atoms with Crippen LogP contribution in [0.4, 0.5) is 0 Å². The maximum Gasteiger partial charge on any atom is 0.177 e. The van der Waals surface area contributed by atoms with Gasteiger partial charge in [-0.05, 0) is 30.7 Å². The molecule has 0 atom stereocenters. The van der Waals surface area contributed by atoms with Gasteiger partial charge in [0.05, 0.1) is 5.69 Å². The molecule has 0 radical (unpaired) electrons. The monoisotopic (exact) mass is 343 g/mol. The molecule has 0 saturated carbocycles. The van der Waals surface area contributed by atoms with Crippen LogP contribution in [0.15, 0.2) is 29.0 Å². The quantitative estimate of drug-likeness (QED) is 0.846. The molecule has 0 aliphatic rings. The first kappa shape index (κ1) is 15.2. The van der Waals surface area contributed by atoms with E-state index in [4.69, 9.17) is 5.26 Å². The van der Waals surface area contributed by atoms with E-state index in [1.807, 2.05) is 30.3 Å². The largest absolute Gasteiger partial charge is 0.313 e. The molecule has 0 fully saturated rings. The lowest BCUT2D eigenvalue weighted by atomic mass is 10.1. The maximum atomic E-state index is 9.27. The molecule has 0 amide bonds. The van der Waals surface area contributed by atoms with E-state index in [9.17, 15) is 5.26 Å². The SMILES string of the molecule is CCCNCc1ccc(Br)cc1-n1cnc(C#N)c1C#N. The summed E-state index contributed by atoms with van der Waals surface area (Å²) in [7, 11) is 0. The Morgan fingerprint density at radius 3 is 2.81 bits per heavy atom. The molecule has 0 unspecified atom stereocenters. The van der Waals surface area contributed by atoms with Crippen LogP contribution in [0.5, 0.6) is 0 Å². The van der Waals surface area contributed by atoms with E-state index < -0.39 is 0 Å². The molecule has 0 spiro atoms. The van der Waals surface area contributed by atoms with Crippen molar-refractivity contribution in [1.82, 2.24) is 14.9 Å². The van der Waals surface area contributed by atoms with Gasteiger partial charge in [-0.15, -0.1) is 0 Å². The summed E-state index contributed by atoms with van der Waals surface area (Å²) in [5.41, 5.74) is 2.29. The summed E-state index contributed by atoms with van der Waals surface area (Å²) >= 11 is 3.44. The first-order valence-electron chi connectivity index (χ1n) is 6.58. The molecular formula is C15H14BrN5. The molecule has 0 saturated heterocycles. The number of hydrogen-bond donors (Lipinski definition) is 1. The molecule has 1 aromatic heterocycles. The molecule has 0 aliphatic carbocycles. The van der Waals surface area contributed by atoms with Gasteiger partial charge in [0, 0.05) is 11.0 Å². The van der Waals surface area contributed by atoms with Gasteiger partial charge in [-0.25, -0.2) is 4.98 Å². The van der Waals surface area contributed by atoms with Gasteiger partial charge in [0.2, 0.25) is 0 Å². The maximum absolute atomic E-state index is 9.27. The lowest BCUT2D eigenvalue weighted by Crippen LogP contribution is -2.15. The molecule has 1 N–H and O–H groups in total. The second-order valence-electron chi connectivity index (χ2n) is 4.49. The third kappa shape index (κ3) is 3.30. The molecule has 106 valence electrons. The van der Waals surface area contributed by atoms with Crippen LogP contribution in [0.2, 0.25) is 0 Å². The highest BCUT2D eigenvalue weighted by molar-refractivity contribution is 9.10. The van der Waals surface area contributed by atoms with Gasteiger partial charge in [-0.3, -0.25) is 4.57 Å². The highest BCUT2D eigenvalue weighted by atomic mass is 79.9. The van der Waals surface area contributed by atoms with Crippen LogP contribution < -0.4 is 5.32 Å². The first-order chi connectivity index (χ1) is 10.2. The van der Waals surface area contributed by atoms with Crippen LogP contribution in [-0.4, -0.2) is 16.1 Å². The third-order valence-corrected chi connectivity index (χ3v) is 3.52. The number of benzene rings is 1. The van der Waals surface area contributed by atoms with Crippen molar-refractivity contribution in [3.63, 3.8) is 0 Å². The average molecular weight is 344 g/mol. The summed E-state index contributed by atoms with van der Waals surface area (Å²) in [6.07, 6.45) is 2.57. The fourth-order valence-corrected chi connectivity index (χ4v) is 2.38.